The lowest BCUT2D eigenvalue weighted by Crippen LogP contribution is -2.33. The van der Waals surface area contributed by atoms with E-state index in [2.05, 4.69) is 15.9 Å². The Morgan fingerprint density at radius 1 is 0.966 bits per heavy atom. The highest BCUT2D eigenvalue weighted by Gasteiger charge is 2.18. The predicted octanol–water partition coefficient (Wildman–Crippen LogP) is 5.51. The zero-order valence-corrected chi connectivity index (χ0v) is 17.8. The molecular weight excluding hydrogens is 454 g/mol. The molecule has 3 rings (SSSR count). The largest absolute Gasteiger partial charge is 0.367 e. The fourth-order valence-corrected chi connectivity index (χ4v) is 3.27. The van der Waals surface area contributed by atoms with Gasteiger partial charge in [-0.3, -0.25) is 14.5 Å². The Morgan fingerprint density at radius 2 is 1.55 bits per heavy atom. The van der Waals surface area contributed by atoms with E-state index in [1.807, 2.05) is 54.6 Å². The maximum Gasteiger partial charge on any atom is 0.260 e. The lowest BCUT2D eigenvalue weighted by atomic mass is 10.0. The van der Waals surface area contributed by atoms with Crippen molar-refractivity contribution < 1.29 is 14.3 Å². The summed E-state index contributed by atoms with van der Waals surface area (Å²) in [6, 6.07) is 23.9. The standard InChI is InChI=1S/C23H19BrClNO3/c24-20-10-6-17(7-11-20)22(18-8-12-21(25)13-9-18)29-15-14-26(16-27)23(28)19-4-2-1-3-5-19/h1-13,16,22H,14-15H2. The molecule has 1 atom stereocenters. The molecule has 0 aliphatic carbocycles. The Kier molecular flexibility index (Phi) is 7.58. The van der Waals surface area contributed by atoms with Gasteiger partial charge in [0.1, 0.15) is 6.10 Å². The van der Waals surface area contributed by atoms with Gasteiger partial charge in [0.2, 0.25) is 6.41 Å². The van der Waals surface area contributed by atoms with E-state index in [9.17, 15) is 9.59 Å². The highest BCUT2D eigenvalue weighted by atomic mass is 79.9. The van der Waals surface area contributed by atoms with Crippen molar-refractivity contribution in [2.45, 2.75) is 6.10 Å². The van der Waals surface area contributed by atoms with E-state index in [0.717, 1.165) is 20.5 Å². The Morgan fingerprint density at radius 3 is 2.14 bits per heavy atom. The molecule has 4 nitrogen and oxygen atoms in total. The van der Waals surface area contributed by atoms with Gasteiger partial charge >= 0.3 is 0 Å². The van der Waals surface area contributed by atoms with Gasteiger partial charge in [0.15, 0.2) is 0 Å². The lowest BCUT2D eigenvalue weighted by Gasteiger charge is -2.21. The summed E-state index contributed by atoms with van der Waals surface area (Å²) in [6.45, 7) is 0.346. The summed E-state index contributed by atoms with van der Waals surface area (Å²) in [5.74, 6) is -0.351. The minimum atomic E-state index is -0.351. The first-order valence-electron chi connectivity index (χ1n) is 9.02. The number of amides is 2. The van der Waals surface area contributed by atoms with E-state index >= 15 is 0 Å². The number of nitrogens with zero attached hydrogens (tertiary/aromatic N) is 1. The zero-order valence-electron chi connectivity index (χ0n) is 15.5. The van der Waals surface area contributed by atoms with Gasteiger partial charge in [-0.25, -0.2) is 0 Å². The number of carbonyl (C=O) groups is 2. The van der Waals surface area contributed by atoms with Gasteiger partial charge in [0.25, 0.3) is 5.91 Å². The topological polar surface area (TPSA) is 46.6 Å². The van der Waals surface area contributed by atoms with Crippen LogP contribution in [0.15, 0.2) is 83.3 Å². The van der Waals surface area contributed by atoms with E-state index in [1.165, 1.54) is 0 Å². The first kappa shape index (κ1) is 21.2. The molecule has 0 aliphatic heterocycles. The van der Waals surface area contributed by atoms with Crippen molar-refractivity contribution in [3.63, 3.8) is 0 Å². The minimum absolute atomic E-state index is 0.151. The average molecular weight is 473 g/mol. The average Bonchev–Trinajstić information content (AvgIpc) is 2.76. The molecule has 0 spiro atoms. The summed E-state index contributed by atoms with van der Waals surface area (Å²) in [7, 11) is 0. The summed E-state index contributed by atoms with van der Waals surface area (Å²) in [5, 5.41) is 0.642. The third kappa shape index (κ3) is 5.76. The van der Waals surface area contributed by atoms with Crippen LogP contribution in [0.1, 0.15) is 27.6 Å². The Labute approximate surface area is 183 Å². The number of benzene rings is 3. The van der Waals surface area contributed by atoms with E-state index in [4.69, 9.17) is 16.3 Å². The Balaban J connectivity index is 1.72. The highest BCUT2D eigenvalue weighted by molar-refractivity contribution is 9.10. The summed E-state index contributed by atoms with van der Waals surface area (Å²) >= 11 is 9.45. The molecule has 0 N–H and O–H groups in total. The van der Waals surface area contributed by atoms with Crippen LogP contribution in [-0.4, -0.2) is 30.4 Å². The molecule has 0 saturated heterocycles. The molecule has 0 aromatic heterocycles. The number of halogens is 2. The van der Waals surface area contributed by atoms with Crippen molar-refractivity contribution in [1.29, 1.82) is 0 Å². The fraction of sp³-hybridized carbons (Fsp3) is 0.130. The van der Waals surface area contributed by atoms with Crippen LogP contribution in [0.3, 0.4) is 0 Å². The van der Waals surface area contributed by atoms with Crippen molar-refractivity contribution >= 4 is 39.8 Å². The van der Waals surface area contributed by atoms with Gasteiger partial charge in [0, 0.05) is 15.1 Å². The van der Waals surface area contributed by atoms with Crippen molar-refractivity contribution in [2.24, 2.45) is 0 Å². The number of rotatable bonds is 8. The number of hydrogen-bond donors (Lipinski definition) is 0. The number of ether oxygens (including phenoxy) is 1. The maximum atomic E-state index is 12.5. The van der Waals surface area contributed by atoms with Gasteiger partial charge in [-0.05, 0) is 47.5 Å². The summed E-state index contributed by atoms with van der Waals surface area (Å²) in [4.78, 5) is 25.0. The molecule has 0 radical (unpaired) electrons. The molecule has 1 unspecified atom stereocenters. The normalized spacial score (nSPS) is 11.7. The molecule has 0 heterocycles. The van der Waals surface area contributed by atoms with Crippen LogP contribution in [0.5, 0.6) is 0 Å². The van der Waals surface area contributed by atoms with Crippen LogP contribution < -0.4 is 0 Å². The molecule has 0 aliphatic rings. The van der Waals surface area contributed by atoms with Gasteiger partial charge < -0.3 is 4.74 Å². The van der Waals surface area contributed by atoms with Crippen LogP contribution in [0, 0.1) is 0 Å². The molecule has 148 valence electrons. The van der Waals surface area contributed by atoms with Crippen LogP contribution in [0.2, 0.25) is 5.02 Å². The van der Waals surface area contributed by atoms with Crippen molar-refractivity contribution in [1.82, 2.24) is 4.90 Å². The minimum Gasteiger partial charge on any atom is -0.367 e. The molecular formula is C23H19BrClNO3. The molecule has 29 heavy (non-hydrogen) atoms. The van der Waals surface area contributed by atoms with Crippen LogP contribution in [-0.2, 0) is 9.53 Å². The first-order valence-corrected chi connectivity index (χ1v) is 10.2. The molecule has 6 heteroatoms. The number of hydrogen-bond acceptors (Lipinski definition) is 3. The van der Waals surface area contributed by atoms with Crippen LogP contribution in [0.4, 0.5) is 0 Å². The Hall–Kier alpha value is -2.47. The van der Waals surface area contributed by atoms with Crippen LogP contribution in [0.25, 0.3) is 0 Å². The lowest BCUT2D eigenvalue weighted by molar-refractivity contribution is -0.116. The maximum absolute atomic E-state index is 12.5. The number of imide groups is 1. The Bertz CT molecular complexity index is 901. The third-order valence-corrected chi connectivity index (χ3v) is 5.15. The quantitative estimate of drug-likeness (QED) is 0.406. The monoisotopic (exact) mass is 471 g/mol. The van der Waals surface area contributed by atoms with E-state index in [1.54, 1.807) is 24.3 Å². The second-order valence-electron chi connectivity index (χ2n) is 6.32. The first-order chi connectivity index (χ1) is 14.1. The molecule has 3 aromatic rings. The van der Waals surface area contributed by atoms with E-state index < -0.39 is 0 Å². The molecule has 0 saturated carbocycles. The van der Waals surface area contributed by atoms with E-state index in [0.29, 0.717) is 17.0 Å². The van der Waals surface area contributed by atoms with Gasteiger partial charge in [-0.1, -0.05) is 70.0 Å². The zero-order chi connectivity index (χ0) is 20.6. The highest BCUT2D eigenvalue weighted by Crippen LogP contribution is 2.28. The predicted molar refractivity (Wildman–Crippen MR) is 117 cm³/mol. The second-order valence-corrected chi connectivity index (χ2v) is 7.68. The number of carbonyl (C=O) groups excluding carboxylic acids is 2. The van der Waals surface area contributed by atoms with Gasteiger partial charge in [0.05, 0.1) is 13.2 Å². The molecule has 3 aromatic carbocycles. The van der Waals surface area contributed by atoms with Gasteiger partial charge in [-0.2, -0.15) is 0 Å². The fourth-order valence-electron chi connectivity index (χ4n) is 2.88. The smallest absolute Gasteiger partial charge is 0.260 e. The molecule has 0 fully saturated rings. The SMILES string of the molecule is O=CN(CCOC(c1ccc(Cl)cc1)c1ccc(Br)cc1)C(=O)c1ccccc1. The molecule has 2 amide bonds. The van der Waals surface area contributed by atoms with Crippen molar-refractivity contribution in [3.8, 4) is 0 Å². The third-order valence-electron chi connectivity index (χ3n) is 4.37. The van der Waals surface area contributed by atoms with Gasteiger partial charge in [-0.15, -0.1) is 0 Å². The summed E-state index contributed by atoms with van der Waals surface area (Å²) < 4.78 is 7.07. The second kappa shape index (κ2) is 10.3. The van der Waals surface area contributed by atoms with Crippen molar-refractivity contribution in [2.75, 3.05) is 13.2 Å². The molecule has 0 bridgehead atoms. The van der Waals surface area contributed by atoms with Crippen molar-refractivity contribution in [3.05, 3.63) is 105 Å². The van der Waals surface area contributed by atoms with Crippen LogP contribution >= 0.6 is 27.5 Å². The van der Waals surface area contributed by atoms with E-state index in [-0.39, 0.29) is 25.2 Å². The summed E-state index contributed by atoms with van der Waals surface area (Å²) in [5.41, 5.74) is 2.35. The summed E-state index contributed by atoms with van der Waals surface area (Å²) in [6.07, 6.45) is 0.191.